The van der Waals surface area contributed by atoms with E-state index in [0.717, 1.165) is 44.9 Å². The lowest BCUT2D eigenvalue weighted by atomic mass is 10.0. The van der Waals surface area contributed by atoms with Gasteiger partial charge in [0.15, 0.2) is 0 Å². The highest BCUT2D eigenvalue weighted by atomic mass is 16.5. The quantitative estimate of drug-likeness (QED) is 0.0320. The molecule has 1 amide bonds. The fourth-order valence-electron chi connectivity index (χ4n) is 10.3. The first-order chi connectivity index (χ1) is 36.5. The molecule has 2 unspecified atom stereocenters. The first kappa shape index (κ1) is 72.1. The van der Waals surface area contributed by atoms with Crippen LogP contribution in [0.4, 0.5) is 0 Å². The summed E-state index contributed by atoms with van der Waals surface area (Å²) in [4.78, 5) is 24.5. The van der Waals surface area contributed by atoms with Crippen molar-refractivity contribution in [2.24, 2.45) is 0 Å². The number of ether oxygens (including phenoxy) is 1. The second kappa shape index (κ2) is 63.6. The van der Waals surface area contributed by atoms with Crippen LogP contribution >= 0.6 is 0 Å². The lowest BCUT2D eigenvalue weighted by Crippen LogP contribution is -2.45. The Labute approximate surface area is 462 Å². The molecule has 6 heteroatoms. The number of aliphatic hydroxyl groups excluding tert-OH is 2. The highest BCUT2D eigenvalue weighted by molar-refractivity contribution is 5.76. The van der Waals surface area contributed by atoms with Crippen molar-refractivity contribution >= 4 is 11.9 Å². The van der Waals surface area contributed by atoms with E-state index in [9.17, 15) is 19.8 Å². The second-order valence-electron chi connectivity index (χ2n) is 22.8. The Balaban J connectivity index is 3.38. The third kappa shape index (κ3) is 59.3. The Bertz CT molecular complexity index is 1200. The Morgan fingerprint density at radius 1 is 0.365 bits per heavy atom. The van der Waals surface area contributed by atoms with Gasteiger partial charge in [-0.3, -0.25) is 9.59 Å². The molecule has 0 aromatic heterocycles. The Morgan fingerprint density at radius 2 is 0.635 bits per heavy atom. The SMILES string of the molecule is CCCCCCCCC/C=C\CCCCCCCCCC(=O)OCCCCCCCCCCCCCC/C=C\CCCCCCCCCCCCC(=O)NC(CO)C(O)/C=C/CCCCCCCCCCCCC. The molecule has 0 rings (SSSR count). The number of nitrogens with one attached hydrogen (secondary N) is 1. The van der Waals surface area contributed by atoms with Gasteiger partial charge < -0.3 is 20.3 Å². The molecule has 0 saturated carbocycles. The van der Waals surface area contributed by atoms with Crippen LogP contribution < -0.4 is 5.32 Å². The van der Waals surface area contributed by atoms with Gasteiger partial charge in [-0.15, -0.1) is 0 Å². The van der Waals surface area contributed by atoms with Crippen LogP contribution in [0.5, 0.6) is 0 Å². The predicted octanol–water partition coefficient (Wildman–Crippen LogP) is 21.1. The molecule has 2 atom stereocenters. The summed E-state index contributed by atoms with van der Waals surface area (Å²) < 4.78 is 5.50. The highest BCUT2D eigenvalue weighted by Crippen LogP contribution is 2.17. The minimum atomic E-state index is -0.845. The lowest BCUT2D eigenvalue weighted by molar-refractivity contribution is -0.143. The summed E-state index contributed by atoms with van der Waals surface area (Å²) in [6.07, 6.45) is 80.6. The fraction of sp³-hybridized carbons (Fsp3) is 0.882. The van der Waals surface area contributed by atoms with E-state index in [4.69, 9.17) is 4.74 Å². The van der Waals surface area contributed by atoms with Gasteiger partial charge in [-0.2, -0.15) is 0 Å². The Morgan fingerprint density at radius 3 is 0.959 bits per heavy atom. The molecule has 0 aliphatic carbocycles. The predicted molar refractivity (Wildman–Crippen MR) is 324 cm³/mol. The molecular formula is C68H129NO5. The summed E-state index contributed by atoms with van der Waals surface area (Å²) in [5, 5.41) is 23.1. The molecule has 0 aromatic rings. The van der Waals surface area contributed by atoms with Gasteiger partial charge in [0.05, 0.1) is 25.4 Å². The number of unbranched alkanes of at least 4 members (excludes halogenated alkanes) is 47. The molecule has 0 aromatic carbocycles. The van der Waals surface area contributed by atoms with E-state index in [1.807, 2.05) is 6.08 Å². The van der Waals surface area contributed by atoms with Gasteiger partial charge >= 0.3 is 5.97 Å². The van der Waals surface area contributed by atoms with Crippen LogP contribution in [0, 0.1) is 0 Å². The van der Waals surface area contributed by atoms with Gasteiger partial charge in [-0.1, -0.05) is 301 Å². The Kier molecular flexibility index (Phi) is 62.0. The summed E-state index contributed by atoms with van der Waals surface area (Å²) in [6, 6.07) is -0.629. The van der Waals surface area contributed by atoms with Crippen LogP contribution in [0.25, 0.3) is 0 Å². The van der Waals surface area contributed by atoms with Crippen LogP contribution in [0.15, 0.2) is 36.5 Å². The topological polar surface area (TPSA) is 95.9 Å². The average molecular weight is 1040 g/mol. The average Bonchev–Trinajstić information content (AvgIpc) is 3.40. The van der Waals surface area contributed by atoms with E-state index >= 15 is 0 Å². The van der Waals surface area contributed by atoms with Gasteiger partial charge in [0.25, 0.3) is 0 Å². The molecule has 0 spiro atoms. The van der Waals surface area contributed by atoms with E-state index in [-0.39, 0.29) is 18.5 Å². The smallest absolute Gasteiger partial charge is 0.305 e. The zero-order valence-corrected chi connectivity index (χ0v) is 49.8. The van der Waals surface area contributed by atoms with Crippen LogP contribution in [-0.4, -0.2) is 47.4 Å². The molecule has 3 N–H and O–H groups in total. The number of amides is 1. The van der Waals surface area contributed by atoms with Gasteiger partial charge in [-0.25, -0.2) is 0 Å². The van der Waals surface area contributed by atoms with Gasteiger partial charge in [0.2, 0.25) is 5.91 Å². The summed E-state index contributed by atoms with van der Waals surface area (Å²) >= 11 is 0. The molecule has 0 radical (unpaired) electrons. The maximum absolute atomic E-state index is 12.5. The maximum Gasteiger partial charge on any atom is 0.305 e. The molecule has 0 bridgehead atoms. The molecule has 0 aliphatic rings. The fourth-order valence-corrected chi connectivity index (χ4v) is 10.3. The first-order valence-corrected chi connectivity index (χ1v) is 33.3. The molecular weight excluding hydrogens is 911 g/mol. The number of esters is 1. The minimum Gasteiger partial charge on any atom is -0.466 e. The van der Waals surface area contributed by atoms with Crippen molar-refractivity contribution in [3.05, 3.63) is 36.5 Å². The molecule has 74 heavy (non-hydrogen) atoms. The second-order valence-corrected chi connectivity index (χ2v) is 22.8. The molecule has 436 valence electrons. The van der Waals surface area contributed by atoms with Crippen molar-refractivity contribution in [1.29, 1.82) is 0 Å². The minimum absolute atomic E-state index is 0.0112. The van der Waals surface area contributed by atoms with Crippen molar-refractivity contribution in [2.45, 2.75) is 373 Å². The van der Waals surface area contributed by atoms with E-state index in [1.165, 1.54) is 289 Å². The number of aliphatic hydroxyl groups is 2. The molecule has 0 aliphatic heterocycles. The van der Waals surface area contributed by atoms with Crippen molar-refractivity contribution in [2.75, 3.05) is 13.2 Å². The summed E-state index contributed by atoms with van der Waals surface area (Å²) in [7, 11) is 0. The molecule has 6 nitrogen and oxygen atoms in total. The number of carbonyl (C=O) groups excluding carboxylic acids is 2. The van der Waals surface area contributed by atoms with Crippen molar-refractivity contribution in [3.8, 4) is 0 Å². The summed E-state index contributed by atoms with van der Waals surface area (Å²) in [6.45, 7) is 4.91. The first-order valence-electron chi connectivity index (χ1n) is 33.3. The lowest BCUT2D eigenvalue weighted by Gasteiger charge is -2.20. The van der Waals surface area contributed by atoms with Crippen LogP contribution in [0.3, 0.4) is 0 Å². The zero-order chi connectivity index (χ0) is 53.6. The number of carbonyl (C=O) groups is 2. The third-order valence-electron chi connectivity index (χ3n) is 15.4. The van der Waals surface area contributed by atoms with E-state index < -0.39 is 12.1 Å². The van der Waals surface area contributed by atoms with Crippen molar-refractivity contribution in [1.82, 2.24) is 5.32 Å². The van der Waals surface area contributed by atoms with Gasteiger partial charge in [0, 0.05) is 12.8 Å². The normalized spacial score (nSPS) is 12.8. The van der Waals surface area contributed by atoms with Crippen LogP contribution in [0.1, 0.15) is 361 Å². The number of hydrogen-bond acceptors (Lipinski definition) is 5. The maximum atomic E-state index is 12.5. The number of allylic oxidation sites excluding steroid dienone is 5. The summed E-state index contributed by atoms with van der Waals surface area (Å²) in [5.41, 5.74) is 0. The number of rotatable bonds is 62. The number of hydrogen-bond donors (Lipinski definition) is 3. The van der Waals surface area contributed by atoms with E-state index in [0.29, 0.717) is 19.4 Å². The van der Waals surface area contributed by atoms with Gasteiger partial charge in [0.1, 0.15) is 0 Å². The molecule has 0 heterocycles. The third-order valence-corrected chi connectivity index (χ3v) is 15.4. The van der Waals surface area contributed by atoms with Crippen molar-refractivity contribution < 1.29 is 24.5 Å². The van der Waals surface area contributed by atoms with Crippen LogP contribution in [-0.2, 0) is 14.3 Å². The van der Waals surface area contributed by atoms with E-state index in [1.54, 1.807) is 6.08 Å². The van der Waals surface area contributed by atoms with Crippen molar-refractivity contribution in [3.63, 3.8) is 0 Å². The monoisotopic (exact) mass is 1040 g/mol. The van der Waals surface area contributed by atoms with Gasteiger partial charge in [-0.05, 0) is 83.5 Å². The molecule has 0 fully saturated rings. The standard InChI is InChI=1S/C68H129NO5/c1-3-5-7-9-11-13-15-17-18-19-31-34-38-42-46-50-54-58-62-68(73)74-63-59-55-51-47-43-39-35-32-29-27-25-23-21-20-22-24-26-28-30-33-37-41-45-49-53-57-61-67(72)69-65(64-70)66(71)60-56-52-48-44-40-36-16-14-12-10-8-6-4-2/h18-20,22,56,60,65-66,70-71H,3-17,21,23-55,57-59,61-64H2,1-2H3,(H,69,72)/b19-18-,22-20-,60-56+. The largest absolute Gasteiger partial charge is 0.466 e. The highest BCUT2D eigenvalue weighted by Gasteiger charge is 2.18. The molecule has 0 saturated heterocycles. The summed E-state index contributed by atoms with van der Waals surface area (Å²) in [5.74, 6) is -0.0580. The Hall–Kier alpha value is -1.92. The van der Waals surface area contributed by atoms with E-state index in [2.05, 4.69) is 43.5 Å². The zero-order valence-electron chi connectivity index (χ0n) is 49.8. The van der Waals surface area contributed by atoms with Crippen LogP contribution in [0.2, 0.25) is 0 Å².